The van der Waals surface area contributed by atoms with Gasteiger partial charge in [-0.05, 0) is 29.2 Å². The molecule has 0 bridgehead atoms. The highest BCUT2D eigenvalue weighted by molar-refractivity contribution is 6.33. The van der Waals surface area contributed by atoms with Gasteiger partial charge in [-0.25, -0.2) is 4.79 Å². The first-order valence-corrected chi connectivity index (χ1v) is 11.6. The van der Waals surface area contributed by atoms with Crippen LogP contribution in [0.25, 0.3) is 11.1 Å². The number of halogens is 1. The molecule has 0 heterocycles. The van der Waals surface area contributed by atoms with E-state index in [0.717, 1.165) is 0 Å². The molecule has 10 N–H and O–H groups in total. The van der Waals surface area contributed by atoms with Crippen molar-refractivity contribution in [3.63, 3.8) is 0 Å². The lowest BCUT2D eigenvalue weighted by Crippen LogP contribution is -2.34. The molecule has 11 nitrogen and oxygen atoms in total. The summed E-state index contributed by atoms with van der Waals surface area (Å²) in [6, 6.07) is 5.37. The fraction of sp³-hybridized carbons (Fsp3) is 0.240. The van der Waals surface area contributed by atoms with Gasteiger partial charge in [-0.15, -0.1) is 0 Å². The van der Waals surface area contributed by atoms with Gasteiger partial charge in [0, 0.05) is 31.1 Å². The third-order valence-corrected chi connectivity index (χ3v) is 7.01. The van der Waals surface area contributed by atoms with Crippen molar-refractivity contribution >= 4 is 23.3 Å². The molecule has 0 saturated heterocycles. The molecule has 0 saturated carbocycles. The van der Waals surface area contributed by atoms with Crippen LogP contribution >= 0.6 is 11.6 Å². The minimum Gasteiger partial charge on any atom is -0.505 e. The van der Waals surface area contributed by atoms with Gasteiger partial charge >= 0.3 is 5.97 Å². The van der Waals surface area contributed by atoms with Crippen LogP contribution in [0.5, 0.6) is 40.2 Å². The molecule has 0 amide bonds. The van der Waals surface area contributed by atoms with Crippen molar-refractivity contribution in [3.8, 4) is 51.4 Å². The highest BCUT2D eigenvalue weighted by Crippen LogP contribution is 2.59. The third-order valence-electron chi connectivity index (χ3n) is 6.63. The first kappa shape index (κ1) is 25.9. The number of hydrogen-bond acceptors (Lipinski definition) is 10. The molecular weight excluding hydrogens is 508 g/mol. The first-order valence-electron chi connectivity index (χ1n) is 11.2. The van der Waals surface area contributed by atoms with Crippen molar-refractivity contribution in [2.75, 3.05) is 25.0 Å². The highest BCUT2D eigenvalue weighted by atomic mass is 35.5. The molecule has 1 aliphatic carbocycles. The van der Waals surface area contributed by atoms with E-state index in [4.69, 9.17) is 11.6 Å². The van der Waals surface area contributed by atoms with Crippen LogP contribution < -0.4 is 10.6 Å². The number of rotatable bonds is 8. The number of fused-ring (bicyclic) bond motifs is 1. The maximum atomic E-state index is 11.3. The molecule has 2 unspecified atom stereocenters. The summed E-state index contributed by atoms with van der Waals surface area (Å²) in [4.78, 5) is 11.3. The monoisotopic (exact) mass is 532 g/mol. The first-order chi connectivity index (χ1) is 17.5. The van der Waals surface area contributed by atoms with Crippen LogP contribution in [0.4, 0.5) is 5.69 Å². The van der Waals surface area contributed by atoms with Gasteiger partial charge in [-0.3, -0.25) is 0 Å². The quantitative estimate of drug-likeness (QED) is 0.115. The summed E-state index contributed by atoms with van der Waals surface area (Å²) < 4.78 is 0. The highest BCUT2D eigenvalue weighted by Gasteiger charge is 2.41. The Morgan fingerprint density at radius 3 is 2.22 bits per heavy atom. The molecule has 0 spiro atoms. The van der Waals surface area contributed by atoms with Crippen molar-refractivity contribution in [3.05, 3.63) is 46.0 Å². The lowest BCUT2D eigenvalue weighted by atomic mass is 9.68. The summed E-state index contributed by atoms with van der Waals surface area (Å²) in [5.74, 6) is -6.27. The molecule has 0 aliphatic heterocycles. The number of hydrogen-bond donors (Lipinski definition) is 10. The molecule has 12 heteroatoms. The number of carbonyl (C=O) groups is 1. The zero-order chi connectivity index (χ0) is 27.2. The van der Waals surface area contributed by atoms with E-state index in [9.17, 15) is 45.6 Å². The van der Waals surface area contributed by atoms with E-state index in [0.29, 0.717) is 24.2 Å². The molecule has 196 valence electrons. The second-order valence-electron chi connectivity index (χ2n) is 8.74. The van der Waals surface area contributed by atoms with Crippen LogP contribution in [0.3, 0.4) is 0 Å². The lowest BCUT2D eigenvalue weighted by molar-refractivity contribution is 0.0697. The lowest BCUT2D eigenvalue weighted by Gasteiger charge is -2.39. The van der Waals surface area contributed by atoms with Crippen molar-refractivity contribution < 1.29 is 45.6 Å². The molecule has 2 atom stereocenters. The number of phenols is 7. The van der Waals surface area contributed by atoms with Crippen LogP contribution in [0.15, 0.2) is 24.3 Å². The average Bonchev–Trinajstić information content (AvgIpc) is 2.87. The average molecular weight is 533 g/mol. The molecular formula is C25H25ClN2O9. The van der Waals surface area contributed by atoms with Crippen molar-refractivity contribution in [1.82, 2.24) is 5.32 Å². The van der Waals surface area contributed by atoms with E-state index in [1.165, 1.54) is 24.3 Å². The minimum atomic E-state index is -1.22. The second-order valence-corrected chi connectivity index (χ2v) is 9.12. The van der Waals surface area contributed by atoms with E-state index in [-0.39, 0.29) is 45.8 Å². The number of aromatic carboxylic acids is 1. The van der Waals surface area contributed by atoms with Crippen LogP contribution in [-0.4, -0.2) is 66.5 Å². The summed E-state index contributed by atoms with van der Waals surface area (Å²) in [5, 5.41) is 86.6. The number of nitrogens with one attached hydrogen (secondary N) is 2. The maximum Gasteiger partial charge on any atom is 0.335 e. The smallest absolute Gasteiger partial charge is 0.335 e. The van der Waals surface area contributed by atoms with E-state index in [1.807, 2.05) is 6.92 Å². The van der Waals surface area contributed by atoms with Crippen LogP contribution in [0, 0.1) is 0 Å². The van der Waals surface area contributed by atoms with Gasteiger partial charge < -0.3 is 51.5 Å². The fourth-order valence-electron chi connectivity index (χ4n) is 4.65. The van der Waals surface area contributed by atoms with Crippen molar-refractivity contribution in [2.45, 2.75) is 18.8 Å². The van der Waals surface area contributed by atoms with E-state index in [2.05, 4.69) is 10.6 Å². The fourth-order valence-corrected chi connectivity index (χ4v) is 5.02. The van der Waals surface area contributed by atoms with Crippen molar-refractivity contribution in [2.24, 2.45) is 0 Å². The summed E-state index contributed by atoms with van der Waals surface area (Å²) in [5.41, 5.74) is 0.486. The maximum absolute atomic E-state index is 11.3. The third kappa shape index (κ3) is 4.21. The van der Waals surface area contributed by atoms with Gasteiger partial charge in [-0.2, -0.15) is 0 Å². The summed E-state index contributed by atoms with van der Waals surface area (Å²) in [7, 11) is 0. The van der Waals surface area contributed by atoms with Crippen LogP contribution in [0.2, 0.25) is 5.02 Å². The van der Waals surface area contributed by atoms with Crippen LogP contribution in [0.1, 0.15) is 40.2 Å². The Bertz CT molecular complexity index is 1410. The minimum absolute atomic E-state index is 0.00139. The Balaban J connectivity index is 1.47. The summed E-state index contributed by atoms with van der Waals surface area (Å²) in [6.07, 6.45) is 0. The number of aromatic hydroxyl groups is 7. The number of phenolic OH excluding ortho intramolecular Hbond substituents is 7. The molecule has 0 radical (unpaired) electrons. The number of benzene rings is 3. The van der Waals surface area contributed by atoms with Gasteiger partial charge in [-0.1, -0.05) is 30.7 Å². The van der Waals surface area contributed by atoms with Gasteiger partial charge in [0.05, 0.1) is 16.1 Å². The molecule has 0 aromatic heterocycles. The molecule has 3 aromatic rings. The number of carboxylic acid groups (broad SMARTS) is 1. The normalized spacial score (nSPS) is 16.2. The Kier molecular flexibility index (Phi) is 6.76. The van der Waals surface area contributed by atoms with Gasteiger partial charge in [0.1, 0.15) is 5.69 Å². The van der Waals surface area contributed by atoms with E-state index < -0.39 is 46.2 Å². The number of anilines is 1. The molecule has 3 aromatic carbocycles. The van der Waals surface area contributed by atoms with Gasteiger partial charge in [0.15, 0.2) is 28.7 Å². The Morgan fingerprint density at radius 2 is 1.54 bits per heavy atom. The van der Waals surface area contributed by atoms with Gasteiger partial charge in [0.2, 0.25) is 11.5 Å². The van der Waals surface area contributed by atoms with E-state index in [1.54, 1.807) is 0 Å². The van der Waals surface area contributed by atoms with E-state index >= 15 is 0 Å². The molecule has 37 heavy (non-hydrogen) atoms. The topological polar surface area (TPSA) is 203 Å². The van der Waals surface area contributed by atoms with Gasteiger partial charge in [0.25, 0.3) is 0 Å². The molecule has 1 aliphatic rings. The van der Waals surface area contributed by atoms with Crippen molar-refractivity contribution in [1.29, 1.82) is 0 Å². The number of carboxylic acids is 1. The summed E-state index contributed by atoms with van der Waals surface area (Å²) in [6.45, 7) is 2.67. The predicted molar refractivity (Wildman–Crippen MR) is 134 cm³/mol. The Labute approximate surface area is 215 Å². The predicted octanol–water partition coefficient (Wildman–Crippen LogP) is 3.55. The molecule has 0 fully saturated rings. The Hall–Kier alpha value is -4.22. The standard InChI is InChI=1S/C25H25ClN2O9/c1-9-12(15-13(9)16(26)21(32)23(34)20(15)31)8-27-5-6-28-17-18(29)14(19(30)24(35)22(17)33)10-3-2-4-11(7-10)25(36)37/h2-4,7,9,12,27-35H,5-6,8H2,1H3,(H,36,37). The zero-order valence-corrected chi connectivity index (χ0v) is 20.2. The molecule has 4 rings (SSSR count). The SMILES string of the molecule is CC1c2c(Cl)c(O)c(O)c(O)c2C1CNCCNc1c(O)c(O)c(O)c(-c2cccc(C(=O)O)c2)c1O. The summed E-state index contributed by atoms with van der Waals surface area (Å²) >= 11 is 6.09. The Morgan fingerprint density at radius 1 is 0.865 bits per heavy atom. The second kappa shape index (κ2) is 9.68. The van der Waals surface area contributed by atoms with Crippen LogP contribution in [-0.2, 0) is 0 Å². The largest absolute Gasteiger partial charge is 0.505 e. The zero-order valence-electron chi connectivity index (χ0n) is 19.4.